The maximum Gasteiger partial charge on any atom is 0.222 e. The third-order valence-corrected chi connectivity index (χ3v) is 4.59. The first-order valence-electron chi connectivity index (χ1n) is 9.65. The summed E-state index contributed by atoms with van der Waals surface area (Å²) in [6, 6.07) is 0. The van der Waals surface area contributed by atoms with Gasteiger partial charge in [-0.2, -0.15) is 0 Å². The lowest BCUT2D eigenvalue weighted by Gasteiger charge is -2.39. The Bertz CT molecular complexity index is 580. The van der Waals surface area contributed by atoms with E-state index >= 15 is 0 Å². The molecule has 0 saturated heterocycles. The van der Waals surface area contributed by atoms with E-state index in [2.05, 4.69) is 43.3 Å². The van der Waals surface area contributed by atoms with E-state index in [9.17, 15) is 9.59 Å². The molecule has 1 rings (SSSR count). The number of carbonyl (C=O) groups is 2. The van der Waals surface area contributed by atoms with Crippen molar-refractivity contribution in [2.75, 3.05) is 6.54 Å². The molecule has 0 aromatic carbocycles. The molecule has 26 heavy (non-hydrogen) atoms. The van der Waals surface area contributed by atoms with Crippen molar-refractivity contribution in [2.24, 2.45) is 5.92 Å². The first-order chi connectivity index (χ1) is 12.2. The monoisotopic (exact) mass is 365 g/mol. The van der Waals surface area contributed by atoms with Crippen molar-refractivity contribution >= 4 is 11.8 Å². The lowest BCUT2D eigenvalue weighted by molar-refractivity contribution is -0.136. The highest BCUT2D eigenvalue weighted by Crippen LogP contribution is 2.22. The van der Waals surface area contributed by atoms with Crippen LogP contribution in [-0.2, 0) is 22.7 Å². The molecule has 0 radical (unpaired) electrons. The number of hydrogen-bond donors (Lipinski definition) is 1. The molecule has 1 aromatic heterocycles. The van der Waals surface area contributed by atoms with E-state index < -0.39 is 0 Å². The highest BCUT2D eigenvalue weighted by Gasteiger charge is 2.29. The standard InChI is InChI=1S/C19H35N5O2/c1-7-17(25)20-13-16-14-23(22-21-16)12-10-19(5,6)24(18(26)8-2)11-9-15(3)4/h14-15H,7-13H2,1-6H3,(H,20,25). The molecule has 7 heteroatoms. The van der Waals surface area contributed by atoms with Gasteiger partial charge >= 0.3 is 0 Å². The number of rotatable bonds is 11. The van der Waals surface area contributed by atoms with Crippen LogP contribution >= 0.6 is 0 Å². The van der Waals surface area contributed by atoms with E-state index in [1.54, 1.807) is 4.68 Å². The number of nitrogens with zero attached hydrogens (tertiary/aromatic N) is 4. The van der Waals surface area contributed by atoms with Gasteiger partial charge in [0.25, 0.3) is 0 Å². The van der Waals surface area contributed by atoms with Crippen LogP contribution in [0.3, 0.4) is 0 Å². The molecule has 0 aliphatic carbocycles. The second-order valence-corrected chi connectivity index (χ2v) is 7.75. The number of aryl methyl sites for hydroxylation is 1. The van der Waals surface area contributed by atoms with Crippen molar-refractivity contribution < 1.29 is 9.59 Å². The Kier molecular flexibility index (Phi) is 8.75. The fraction of sp³-hybridized carbons (Fsp3) is 0.789. The molecule has 0 saturated carbocycles. The number of carbonyl (C=O) groups excluding carboxylic acids is 2. The van der Waals surface area contributed by atoms with Crippen LogP contribution in [-0.4, -0.2) is 43.8 Å². The van der Waals surface area contributed by atoms with Gasteiger partial charge in [0.15, 0.2) is 0 Å². The first-order valence-corrected chi connectivity index (χ1v) is 9.65. The molecule has 0 bridgehead atoms. The number of nitrogens with one attached hydrogen (secondary N) is 1. The first kappa shape index (κ1) is 22.1. The molecule has 148 valence electrons. The molecule has 1 heterocycles. The summed E-state index contributed by atoms with van der Waals surface area (Å²) in [5.74, 6) is 0.755. The highest BCUT2D eigenvalue weighted by atomic mass is 16.2. The number of aromatic nitrogens is 3. The SMILES string of the molecule is CCC(=O)NCc1cn(CCC(C)(C)N(CCC(C)C)C(=O)CC)nn1. The number of hydrogen-bond acceptors (Lipinski definition) is 4. The van der Waals surface area contributed by atoms with E-state index in [0.29, 0.717) is 31.8 Å². The Morgan fingerprint density at radius 3 is 2.54 bits per heavy atom. The van der Waals surface area contributed by atoms with Gasteiger partial charge in [0.05, 0.1) is 12.7 Å². The van der Waals surface area contributed by atoms with Crippen molar-refractivity contribution in [3.8, 4) is 0 Å². The predicted molar refractivity (Wildman–Crippen MR) is 102 cm³/mol. The molecule has 0 aliphatic rings. The van der Waals surface area contributed by atoms with Gasteiger partial charge in [0.1, 0.15) is 5.69 Å². The molecule has 0 aliphatic heterocycles. The fourth-order valence-corrected chi connectivity index (χ4v) is 2.71. The maximum absolute atomic E-state index is 12.4. The maximum atomic E-state index is 12.4. The minimum atomic E-state index is -0.246. The molecule has 7 nitrogen and oxygen atoms in total. The molecular weight excluding hydrogens is 330 g/mol. The van der Waals surface area contributed by atoms with Crippen LogP contribution in [0.15, 0.2) is 6.20 Å². The summed E-state index contributed by atoms with van der Waals surface area (Å²) >= 11 is 0. The number of amides is 2. The predicted octanol–water partition coefficient (Wildman–Crippen LogP) is 2.76. The van der Waals surface area contributed by atoms with E-state index in [0.717, 1.165) is 25.1 Å². The Balaban J connectivity index is 2.65. The third-order valence-electron chi connectivity index (χ3n) is 4.59. The van der Waals surface area contributed by atoms with Gasteiger partial charge in [0, 0.05) is 31.5 Å². The zero-order valence-corrected chi connectivity index (χ0v) is 17.2. The van der Waals surface area contributed by atoms with Gasteiger partial charge in [-0.15, -0.1) is 5.10 Å². The summed E-state index contributed by atoms with van der Waals surface area (Å²) < 4.78 is 1.78. The molecule has 0 atom stereocenters. The summed E-state index contributed by atoms with van der Waals surface area (Å²) in [4.78, 5) is 25.7. The Labute approximate surface area is 157 Å². The van der Waals surface area contributed by atoms with Crippen molar-refractivity contribution in [1.82, 2.24) is 25.2 Å². The lowest BCUT2D eigenvalue weighted by atomic mass is 9.96. The van der Waals surface area contributed by atoms with Crippen molar-refractivity contribution in [2.45, 2.75) is 85.9 Å². The van der Waals surface area contributed by atoms with Gasteiger partial charge < -0.3 is 10.2 Å². The summed E-state index contributed by atoms with van der Waals surface area (Å²) in [7, 11) is 0. The highest BCUT2D eigenvalue weighted by molar-refractivity contribution is 5.76. The summed E-state index contributed by atoms with van der Waals surface area (Å²) in [5.41, 5.74) is 0.496. The van der Waals surface area contributed by atoms with Crippen molar-refractivity contribution in [1.29, 1.82) is 0 Å². The molecular formula is C19H35N5O2. The quantitative estimate of drug-likeness (QED) is 0.654. The van der Waals surface area contributed by atoms with Crippen molar-refractivity contribution in [3.05, 3.63) is 11.9 Å². The molecule has 0 spiro atoms. The van der Waals surface area contributed by atoms with Gasteiger partial charge in [-0.05, 0) is 32.6 Å². The zero-order valence-electron chi connectivity index (χ0n) is 17.2. The summed E-state index contributed by atoms with van der Waals surface area (Å²) in [6.07, 6.45) is 4.62. The normalized spacial score (nSPS) is 11.7. The average molecular weight is 366 g/mol. The van der Waals surface area contributed by atoms with Gasteiger partial charge in [-0.1, -0.05) is 32.9 Å². The molecule has 1 aromatic rings. The van der Waals surface area contributed by atoms with E-state index in [-0.39, 0.29) is 17.4 Å². The average Bonchev–Trinajstić information content (AvgIpc) is 3.05. The smallest absolute Gasteiger partial charge is 0.222 e. The van der Waals surface area contributed by atoms with Crippen LogP contribution < -0.4 is 5.32 Å². The van der Waals surface area contributed by atoms with Gasteiger partial charge in [-0.25, -0.2) is 0 Å². The Morgan fingerprint density at radius 1 is 1.27 bits per heavy atom. The van der Waals surface area contributed by atoms with Crippen LogP contribution in [0.25, 0.3) is 0 Å². The largest absolute Gasteiger partial charge is 0.350 e. The lowest BCUT2D eigenvalue weighted by Crippen LogP contribution is -2.48. The third kappa shape index (κ3) is 7.14. The van der Waals surface area contributed by atoms with Crippen LogP contribution in [0.2, 0.25) is 0 Å². The van der Waals surface area contributed by atoms with Crippen LogP contribution in [0.1, 0.15) is 72.9 Å². The summed E-state index contributed by atoms with van der Waals surface area (Å²) in [6.45, 7) is 14.2. The van der Waals surface area contributed by atoms with Crippen LogP contribution in [0.4, 0.5) is 0 Å². The topological polar surface area (TPSA) is 80.1 Å². The summed E-state index contributed by atoms with van der Waals surface area (Å²) in [5, 5.41) is 11.0. The molecule has 0 fully saturated rings. The minimum absolute atomic E-state index is 0.000411. The second kappa shape index (κ2) is 10.3. The molecule has 1 N–H and O–H groups in total. The van der Waals surface area contributed by atoms with E-state index in [4.69, 9.17) is 0 Å². The van der Waals surface area contributed by atoms with Crippen molar-refractivity contribution in [3.63, 3.8) is 0 Å². The van der Waals surface area contributed by atoms with E-state index in [1.807, 2.05) is 24.9 Å². The zero-order chi connectivity index (χ0) is 19.7. The molecule has 2 amide bonds. The minimum Gasteiger partial charge on any atom is -0.350 e. The second-order valence-electron chi connectivity index (χ2n) is 7.75. The van der Waals surface area contributed by atoms with E-state index in [1.165, 1.54) is 0 Å². The van der Waals surface area contributed by atoms with Crippen LogP contribution in [0.5, 0.6) is 0 Å². The van der Waals surface area contributed by atoms with Gasteiger partial charge in [-0.3, -0.25) is 14.3 Å². The Morgan fingerprint density at radius 2 is 1.96 bits per heavy atom. The van der Waals surface area contributed by atoms with Gasteiger partial charge in [0.2, 0.25) is 11.8 Å². The molecule has 0 unspecified atom stereocenters. The fourth-order valence-electron chi connectivity index (χ4n) is 2.71. The van der Waals surface area contributed by atoms with Crippen LogP contribution in [0, 0.1) is 5.92 Å². The Hall–Kier alpha value is -1.92.